The number of nitrogens with zero attached hydrogens (tertiary/aromatic N) is 3. The molecular formula is C16H21N5O. The number of hydrogen-bond acceptors (Lipinski definition) is 6. The molecule has 22 heavy (non-hydrogen) atoms. The van der Waals surface area contributed by atoms with E-state index in [2.05, 4.69) is 32.7 Å². The van der Waals surface area contributed by atoms with E-state index in [1.807, 2.05) is 6.20 Å². The maximum Gasteiger partial charge on any atom is 0.156 e. The normalized spacial score (nSPS) is 29.5. The molecule has 0 radical (unpaired) electrons. The molecule has 1 aromatic rings. The highest BCUT2D eigenvalue weighted by Gasteiger charge is 2.37. The predicted molar refractivity (Wildman–Crippen MR) is 86.2 cm³/mol. The molecule has 5 rings (SSSR count). The molecule has 0 aliphatic carbocycles. The van der Waals surface area contributed by atoms with Gasteiger partial charge in [0.2, 0.25) is 0 Å². The summed E-state index contributed by atoms with van der Waals surface area (Å²) in [4.78, 5) is 9.54. The molecule has 4 aliphatic heterocycles. The number of ether oxygens (including phenoxy) is 1. The summed E-state index contributed by atoms with van der Waals surface area (Å²) in [5.74, 6) is 2.46. The fraction of sp³-hybridized carbons (Fsp3) is 0.562. The number of piperazine rings is 1. The second kappa shape index (κ2) is 4.86. The van der Waals surface area contributed by atoms with E-state index >= 15 is 0 Å². The second-order valence-electron chi connectivity index (χ2n) is 6.64. The first-order chi connectivity index (χ1) is 10.9. The van der Waals surface area contributed by atoms with E-state index in [1.54, 1.807) is 0 Å². The van der Waals surface area contributed by atoms with Crippen LogP contribution in [0.15, 0.2) is 24.2 Å². The first kappa shape index (κ1) is 12.7. The third-order valence-corrected chi connectivity index (χ3v) is 5.27. The van der Waals surface area contributed by atoms with Gasteiger partial charge in [-0.15, -0.1) is 0 Å². The van der Waals surface area contributed by atoms with Crippen molar-refractivity contribution >= 4 is 17.2 Å². The first-order valence-corrected chi connectivity index (χ1v) is 8.15. The van der Waals surface area contributed by atoms with Crippen molar-refractivity contribution in [1.29, 1.82) is 0 Å². The minimum Gasteiger partial charge on any atom is -0.381 e. The molecule has 116 valence electrons. The van der Waals surface area contributed by atoms with E-state index in [-0.39, 0.29) is 0 Å². The molecule has 3 saturated heterocycles. The Kier molecular flexibility index (Phi) is 2.81. The van der Waals surface area contributed by atoms with Gasteiger partial charge < -0.3 is 25.2 Å². The molecule has 2 atom stereocenters. The average molecular weight is 299 g/mol. The molecule has 5 heterocycles. The topological polar surface area (TPSA) is 52.7 Å². The minimum atomic E-state index is 0.698. The largest absolute Gasteiger partial charge is 0.381 e. The van der Waals surface area contributed by atoms with Crippen molar-refractivity contribution < 1.29 is 4.74 Å². The highest BCUT2D eigenvalue weighted by atomic mass is 16.5. The van der Waals surface area contributed by atoms with Gasteiger partial charge in [0.25, 0.3) is 0 Å². The Bertz CT molecular complexity index is 619. The first-order valence-electron chi connectivity index (χ1n) is 8.15. The van der Waals surface area contributed by atoms with Crippen LogP contribution in [0.2, 0.25) is 0 Å². The average Bonchev–Trinajstić information content (AvgIpc) is 3.16. The minimum absolute atomic E-state index is 0.698. The number of aromatic nitrogens is 1. The Morgan fingerprint density at radius 1 is 1.23 bits per heavy atom. The highest BCUT2D eigenvalue weighted by Crippen LogP contribution is 2.37. The van der Waals surface area contributed by atoms with Gasteiger partial charge in [-0.25, -0.2) is 4.98 Å². The maximum absolute atomic E-state index is 5.57. The third-order valence-electron chi connectivity index (χ3n) is 5.27. The summed E-state index contributed by atoms with van der Waals surface area (Å²) in [7, 11) is 0. The van der Waals surface area contributed by atoms with Crippen LogP contribution < -0.4 is 20.4 Å². The van der Waals surface area contributed by atoms with E-state index < -0.39 is 0 Å². The number of fused-ring (bicyclic) bond motifs is 4. The zero-order valence-corrected chi connectivity index (χ0v) is 12.6. The van der Waals surface area contributed by atoms with Crippen molar-refractivity contribution in [2.24, 2.45) is 11.8 Å². The van der Waals surface area contributed by atoms with Crippen LogP contribution in [0, 0.1) is 11.8 Å². The van der Waals surface area contributed by atoms with Gasteiger partial charge in [0.05, 0.1) is 30.8 Å². The van der Waals surface area contributed by atoms with E-state index in [0.717, 1.165) is 57.4 Å². The van der Waals surface area contributed by atoms with E-state index in [9.17, 15) is 0 Å². The van der Waals surface area contributed by atoms with Gasteiger partial charge in [0, 0.05) is 56.5 Å². The summed E-state index contributed by atoms with van der Waals surface area (Å²) < 4.78 is 5.57. The summed E-state index contributed by atoms with van der Waals surface area (Å²) in [6.45, 7) is 6.94. The monoisotopic (exact) mass is 299 g/mol. The molecule has 0 aromatic carbocycles. The van der Waals surface area contributed by atoms with Crippen LogP contribution in [0.1, 0.15) is 0 Å². The van der Waals surface area contributed by atoms with Gasteiger partial charge in [-0.3, -0.25) is 0 Å². The number of pyridine rings is 1. The lowest BCUT2D eigenvalue weighted by Gasteiger charge is -2.36. The van der Waals surface area contributed by atoms with Crippen molar-refractivity contribution in [3.8, 4) is 0 Å². The van der Waals surface area contributed by atoms with E-state index in [4.69, 9.17) is 9.72 Å². The molecule has 4 aliphatic rings. The molecule has 6 heteroatoms. The Labute approximate surface area is 130 Å². The summed E-state index contributed by atoms with van der Waals surface area (Å²) in [6, 6.07) is 2.25. The second-order valence-corrected chi connectivity index (χ2v) is 6.64. The van der Waals surface area contributed by atoms with Crippen molar-refractivity contribution in [2.75, 3.05) is 61.1 Å². The van der Waals surface area contributed by atoms with Gasteiger partial charge >= 0.3 is 0 Å². The fourth-order valence-electron chi connectivity index (χ4n) is 4.02. The molecular weight excluding hydrogens is 278 g/mol. The number of rotatable bonds is 1. The maximum atomic E-state index is 5.57. The third kappa shape index (κ3) is 1.90. The lowest BCUT2D eigenvalue weighted by atomic mass is 10.0. The molecule has 1 aromatic heterocycles. The van der Waals surface area contributed by atoms with Crippen LogP contribution in [0.25, 0.3) is 0 Å². The van der Waals surface area contributed by atoms with Crippen molar-refractivity contribution in [3.63, 3.8) is 0 Å². The van der Waals surface area contributed by atoms with Crippen molar-refractivity contribution in [1.82, 2.24) is 10.3 Å². The fourth-order valence-corrected chi connectivity index (χ4v) is 4.02. The predicted octanol–water partition coefficient (Wildman–Crippen LogP) is 0.841. The molecule has 0 spiro atoms. The van der Waals surface area contributed by atoms with E-state index in [1.165, 1.54) is 11.4 Å². The Balaban J connectivity index is 1.42. The zero-order valence-electron chi connectivity index (χ0n) is 12.6. The lowest BCUT2D eigenvalue weighted by Crippen LogP contribution is -2.44. The van der Waals surface area contributed by atoms with Gasteiger partial charge in [0.1, 0.15) is 0 Å². The molecule has 0 amide bonds. The van der Waals surface area contributed by atoms with Crippen LogP contribution in [0.3, 0.4) is 0 Å². The molecule has 3 fully saturated rings. The molecule has 0 saturated carbocycles. The quantitative estimate of drug-likeness (QED) is 0.801. The summed E-state index contributed by atoms with van der Waals surface area (Å²) in [5, 5.41) is 6.81. The molecule has 0 bridgehead atoms. The molecule has 6 nitrogen and oxygen atoms in total. The van der Waals surface area contributed by atoms with Crippen molar-refractivity contribution in [3.05, 3.63) is 24.2 Å². The summed E-state index contributed by atoms with van der Waals surface area (Å²) >= 11 is 0. The SMILES string of the molecule is C1=C2CNCCN2c2ncc(N3CC4COCC4C3)cc2N1. The molecule has 2 unspecified atom stereocenters. The molecule has 2 N–H and O–H groups in total. The number of hydrogen-bond donors (Lipinski definition) is 2. The Morgan fingerprint density at radius 3 is 2.95 bits per heavy atom. The van der Waals surface area contributed by atoms with Crippen LogP contribution in [0.4, 0.5) is 17.2 Å². The van der Waals surface area contributed by atoms with Crippen molar-refractivity contribution in [2.45, 2.75) is 0 Å². The smallest absolute Gasteiger partial charge is 0.156 e. The Hall–Kier alpha value is -1.79. The van der Waals surface area contributed by atoms with Crippen LogP contribution in [0.5, 0.6) is 0 Å². The van der Waals surface area contributed by atoms with Crippen LogP contribution in [-0.2, 0) is 4.74 Å². The lowest BCUT2D eigenvalue weighted by molar-refractivity contribution is 0.177. The van der Waals surface area contributed by atoms with Crippen LogP contribution in [-0.4, -0.2) is 50.9 Å². The highest BCUT2D eigenvalue weighted by molar-refractivity contribution is 5.76. The van der Waals surface area contributed by atoms with Gasteiger partial charge in [-0.1, -0.05) is 0 Å². The summed E-state index contributed by atoms with van der Waals surface area (Å²) in [6.07, 6.45) is 4.14. The van der Waals surface area contributed by atoms with E-state index in [0.29, 0.717) is 11.8 Å². The van der Waals surface area contributed by atoms with Gasteiger partial charge in [-0.05, 0) is 6.07 Å². The van der Waals surface area contributed by atoms with Gasteiger partial charge in [-0.2, -0.15) is 0 Å². The van der Waals surface area contributed by atoms with Crippen LogP contribution >= 0.6 is 0 Å². The number of nitrogens with one attached hydrogen (secondary N) is 2. The summed E-state index contributed by atoms with van der Waals surface area (Å²) in [5.41, 5.74) is 3.62. The standard InChI is InChI=1S/C16H21N5O/c1-2-21-14(4-17-1)6-18-15-3-13(5-19-16(15)21)20-7-11-9-22-10-12(11)8-20/h3,5-6,11-12,17-18H,1-2,4,7-10H2. The Morgan fingerprint density at radius 2 is 2.09 bits per heavy atom. The van der Waals surface area contributed by atoms with Gasteiger partial charge in [0.15, 0.2) is 5.82 Å². The number of anilines is 3. The zero-order chi connectivity index (χ0) is 14.5.